The summed E-state index contributed by atoms with van der Waals surface area (Å²) in [5.41, 5.74) is 8.24. The number of halogens is 2. The molecule has 0 unspecified atom stereocenters. The smallest absolute Gasteiger partial charge is 0.225 e. The van der Waals surface area contributed by atoms with E-state index in [1.807, 2.05) is 18.2 Å². The second kappa shape index (κ2) is 8.74. The van der Waals surface area contributed by atoms with Crippen LogP contribution in [0.1, 0.15) is 5.69 Å². The highest BCUT2D eigenvalue weighted by atomic mass is 19.1. The zero-order valence-corrected chi connectivity index (χ0v) is 18.0. The number of nitrogens with one attached hydrogen (secondary N) is 1. The number of fused-ring (bicyclic) bond motifs is 1. The van der Waals surface area contributed by atoms with Gasteiger partial charge in [0.05, 0.1) is 36.1 Å². The molecule has 5 rings (SSSR count). The van der Waals surface area contributed by atoms with Gasteiger partial charge in [-0.05, 0) is 42.5 Å². The minimum Gasteiger partial charge on any atom is -0.497 e. The van der Waals surface area contributed by atoms with Crippen LogP contribution in [0, 0.1) is 11.6 Å². The van der Waals surface area contributed by atoms with E-state index < -0.39 is 11.6 Å². The van der Waals surface area contributed by atoms with E-state index in [2.05, 4.69) is 25.4 Å². The summed E-state index contributed by atoms with van der Waals surface area (Å²) in [6, 6.07) is 15.8. The van der Waals surface area contributed by atoms with E-state index in [0.29, 0.717) is 23.4 Å². The highest BCUT2D eigenvalue weighted by Crippen LogP contribution is 2.35. The number of rotatable bonds is 6. The molecular weight excluding hydrogens is 440 g/mol. The van der Waals surface area contributed by atoms with Crippen LogP contribution in [-0.4, -0.2) is 31.8 Å². The maximum Gasteiger partial charge on any atom is 0.225 e. The number of benzene rings is 2. The van der Waals surface area contributed by atoms with Gasteiger partial charge in [-0.15, -0.1) is 5.10 Å². The lowest BCUT2D eigenvalue weighted by molar-refractivity contribution is 0.411. The second-order valence-corrected chi connectivity index (χ2v) is 7.39. The average Bonchev–Trinajstić information content (AvgIpc) is 3.19. The van der Waals surface area contributed by atoms with Crippen molar-refractivity contribution < 1.29 is 13.5 Å². The average molecular weight is 459 g/mol. The molecule has 3 N–H and O–H groups in total. The molecule has 34 heavy (non-hydrogen) atoms. The Bertz CT molecular complexity index is 1490. The van der Waals surface area contributed by atoms with Crippen LogP contribution < -0.4 is 15.8 Å². The number of nitrogens with two attached hydrogens (primary N) is 1. The maximum atomic E-state index is 15.1. The van der Waals surface area contributed by atoms with Crippen LogP contribution in [0.2, 0.25) is 0 Å². The number of anilines is 2. The number of nitrogens with zero attached hydrogens (tertiary/aromatic N) is 5. The lowest BCUT2D eigenvalue weighted by Crippen LogP contribution is -2.06. The third-order valence-corrected chi connectivity index (χ3v) is 5.21. The van der Waals surface area contributed by atoms with Gasteiger partial charge in [0, 0.05) is 17.8 Å². The van der Waals surface area contributed by atoms with E-state index in [0.717, 1.165) is 5.69 Å². The molecule has 0 atom stereocenters. The molecule has 0 radical (unpaired) electrons. The SMILES string of the molecule is COc1ccc(-c2nc(NCc3ccccn3)nc3nn(-c4cccc(F)c4)c(N)c23)c(F)c1. The number of aromatic nitrogens is 5. The molecule has 3 heterocycles. The second-order valence-electron chi connectivity index (χ2n) is 7.39. The highest BCUT2D eigenvalue weighted by Gasteiger charge is 2.21. The van der Waals surface area contributed by atoms with Crippen molar-refractivity contribution in [3.63, 3.8) is 0 Å². The summed E-state index contributed by atoms with van der Waals surface area (Å²) in [6.45, 7) is 0.344. The maximum absolute atomic E-state index is 15.1. The molecular formula is C24H19F2N7O. The Balaban J connectivity index is 1.68. The third kappa shape index (κ3) is 3.96. The Hall–Kier alpha value is -4.60. The van der Waals surface area contributed by atoms with Gasteiger partial charge in [0.1, 0.15) is 23.2 Å². The number of hydrogen-bond donors (Lipinski definition) is 2. The normalized spacial score (nSPS) is 11.0. The van der Waals surface area contributed by atoms with Crippen LogP contribution in [0.4, 0.5) is 20.5 Å². The van der Waals surface area contributed by atoms with Crippen molar-refractivity contribution in [2.75, 3.05) is 18.2 Å². The van der Waals surface area contributed by atoms with Crippen molar-refractivity contribution in [2.45, 2.75) is 6.54 Å². The van der Waals surface area contributed by atoms with Crippen LogP contribution in [0.5, 0.6) is 5.75 Å². The fourth-order valence-electron chi connectivity index (χ4n) is 3.58. The van der Waals surface area contributed by atoms with Gasteiger partial charge in [-0.1, -0.05) is 12.1 Å². The molecule has 0 fully saturated rings. The van der Waals surface area contributed by atoms with Gasteiger partial charge in [0.25, 0.3) is 0 Å². The minimum atomic E-state index is -0.548. The van der Waals surface area contributed by atoms with Crippen molar-refractivity contribution >= 4 is 22.8 Å². The molecule has 0 amide bonds. The standard InChI is InChI=1S/C24H19F2N7O/c1-34-17-8-9-18(19(26)12-17)21-20-22(27)33(16-7-4-5-14(25)11-16)32-23(20)31-24(30-21)29-13-15-6-2-3-10-28-15/h2-12H,13,27H2,1H3,(H,29,31,32). The molecule has 0 aliphatic rings. The summed E-state index contributed by atoms with van der Waals surface area (Å²) < 4.78 is 35.4. The Morgan fingerprint density at radius 3 is 2.65 bits per heavy atom. The first-order valence-electron chi connectivity index (χ1n) is 10.3. The lowest BCUT2D eigenvalue weighted by Gasteiger charge is -2.10. The van der Waals surface area contributed by atoms with Crippen molar-refractivity contribution in [3.05, 3.63) is 84.2 Å². The summed E-state index contributed by atoms with van der Waals surface area (Å²) in [4.78, 5) is 13.3. The van der Waals surface area contributed by atoms with Gasteiger partial charge in [-0.25, -0.2) is 18.4 Å². The summed E-state index contributed by atoms with van der Waals surface area (Å²) in [5, 5.41) is 7.91. The fourth-order valence-corrected chi connectivity index (χ4v) is 3.58. The Kier molecular flexibility index (Phi) is 5.46. The van der Waals surface area contributed by atoms with Crippen molar-refractivity contribution in [1.29, 1.82) is 0 Å². The minimum absolute atomic E-state index is 0.155. The number of nitrogen functional groups attached to an aromatic ring is 1. The first-order valence-corrected chi connectivity index (χ1v) is 10.3. The first kappa shape index (κ1) is 21.3. The largest absolute Gasteiger partial charge is 0.497 e. The molecule has 0 bridgehead atoms. The van der Waals surface area contributed by atoms with Gasteiger partial charge in [-0.3, -0.25) is 4.98 Å². The van der Waals surface area contributed by atoms with Crippen LogP contribution in [0.3, 0.4) is 0 Å². The van der Waals surface area contributed by atoms with Crippen LogP contribution >= 0.6 is 0 Å². The molecule has 5 aromatic rings. The quantitative estimate of drug-likeness (QED) is 0.389. The predicted molar refractivity (Wildman–Crippen MR) is 125 cm³/mol. The summed E-state index contributed by atoms with van der Waals surface area (Å²) in [5.74, 6) is -0.257. The molecule has 0 aliphatic carbocycles. The van der Waals surface area contributed by atoms with Crippen molar-refractivity contribution in [3.8, 4) is 22.7 Å². The molecule has 8 nitrogen and oxygen atoms in total. The van der Waals surface area contributed by atoms with E-state index in [9.17, 15) is 4.39 Å². The van der Waals surface area contributed by atoms with Gasteiger partial charge in [0.2, 0.25) is 5.95 Å². The van der Waals surface area contributed by atoms with Crippen LogP contribution in [-0.2, 0) is 6.54 Å². The van der Waals surface area contributed by atoms with Crippen molar-refractivity contribution in [1.82, 2.24) is 24.7 Å². The monoisotopic (exact) mass is 459 g/mol. The number of hydrogen-bond acceptors (Lipinski definition) is 7. The van der Waals surface area contributed by atoms with Crippen LogP contribution in [0.25, 0.3) is 28.0 Å². The number of ether oxygens (including phenoxy) is 1. The Morgan fingerprint density at radius 1 is 1.03 bits per heavy atom. The third-order valence-electron chi connectivity index (χ3n) is 5.21. The molecule has 0 saturated heterocycles. The molecule has 0 spiro atoms. The molecule has 0 saturated carbocycles. The molecule has 0 aliphatic heterocycles. The van der Waals surface area contributed by atoms with Crippen LogP contribution in [0.15, 0.2) is 66.9 Å². The van der Waals surface area contributed by atoms with E-state index in [1.54, 1.807) is 30.5 Å². The van der Waals surface area contributed by atoms with E-state index in [1.165, 1.54) is 30.0 Å². The summed E-state index contributed by atoms with van der Waals surface area (Å²) >= 11 is 0. The summed E-state index contributed by atoms with van der Waals surface area (Å²) in [7, 11) is 1.46. The van der Waals surface area contributed by atoms with E-state index in [4.69, 9.17) is 10.5 Å². The predicted octanol–water partition coefficient (Wildman–Crippen LogP) is 4.36. The highest BCUT2D eigenvalue weighted by molar-refractivity contribution is 5.99. The first-order chi connectivity index (χ1) is 16.5. The number of pyridine rings is 1. The van der Waals surface area contributed by atoms with Gasteiger partial charge >= 0.3 is 0 Å². The lowest BCUT2D eigenvalue weighted by atomic mass is 10.1. The summed E-state index contributed by atoms with van der Waals surface area (Å²) in [6.07, 6.45) is 1.68. The topological polar surface area (TPSA) is 104 Å². The van der Waals surface area contributed by atoms with Gasteiger partial charge in [-0.2, -0.15) is 4.98 Å². The van der Waals surface area contributed by atoms with E-state index >= 15 is 4.39 Å². The Labute approximate surface area is 193 Å². The molecule has 3 aromatic heterocycles. The van der Waals surface area contributed by atoms with Gasteiger partial charge < -0.3 is 15.8 Å². The van der Waals surface area contributed by atoms with Gasteiger partial charge in [0.15, 0.2) is 5.65 Å². The zero-order chi connectivity index (χ0) is 23.7. The molecule has 2 aromatic carbocycles. The molecule has 10 heteroatoms. The van der Waals surface area contributed by atoms with E-state index in [-0.39, 0.29) is 28.7 Å². The van der Waals surface area contributed by atoms with Crippen molar-refractivity contribution in [2.24, 2.45) is 0 Å². The Morgan fingerprint density at radius 2 is 1.91 bits per heavy atom. The fraction of sp³-hybridized carbons (Fsp3) is 0.0833. The zero-order valence-electron chi connectivity index (χ0n) is 18.0. The number of methoxy groups -OCH3 is 1. The molecule has 170 valence electrons.